The molecule has 0 bridgehead atoms. The summed E-state index contributed by atoms with van der Waals surface area (Å²) in [5.41, 5.74) is 4.16. The van der Waals surface area contributed by atoms with E-state index in [9.17, 15) is 9.90 Å². The minimum atomic E-state index is -0.846. The van der Waals surface area contributed by atoms with Crippen molar-refractivity contribution in [1.82, 2.24) is 4.57 Å². The number of fused-ring (bicyclic) bond motifs is 1. The van der Waals surface area contributed by atoms with Gasteiger partial charge in [0.05, 0.1) is 16.3 Å². The van der Waals surface area contributed by atoms with Crippen molar-refractivity contribution in [3.8, 4) is 5.69 Å². The van der Waals surface area contributed by atoms with Gasteiger partial charge in [0.1, 0.15) is 0 Å². The Bertz CT molecular complexity index is 673. The third-order valence-corrected chi connectivity index (χ3v) is 4.08. The molecule has 2 aromatic rings. The Hall–Kier alpha value is -1.74. The molecule has 3 nitrogen and oxygen atoms in total. The van der Waals surface area contributed by atoms with Crippen LogP contribution < -0.4 is 0 Å². The SMILES string of the molecule is Cc1c(C(=O)O)c2c(n1-c1ccccc1Cl)CCC2. The zero-order chi connectivity index (χ0) is 13.6. The van der Waals surface area contributed by atoms with Crippen LogP contribution in [0.3, 0.4) is 0 Å². The summed E-state index contributed by atoms with van der Waals surface area (Å²) in [4.78, 5) is 11.5. The van der Waals surface area contributed by atoms with Crippen LogP contribution in [0.2, 0.25) is 5.02 Å². The molecule has 98 valence electrons. The standard InChI is InChI=1S/C15H14ClNO2/c1-9-14(15(18)19)10-5-4-8-12(10)17(9)13-7-3-2-6-11(13)16/h2-3,6-7H,4-5,8H2,1H3,(H,18,19). The first-order chi connectivity index (χ1) is 9.11. The molecular weight excluding hydrogens is 262 g/mol. The van der Waals surface area contributed by atoms with Crippen LogP contribution >= 0.6 is 11.6 Å². The van der Waals surface area contributed by atoms with Gasteiger partial charge in [-0.05, 0) is 43.9 Å². The average Bonchev–Trinajstić information content (AvgIpc) is 2.89. The summed E-state index contributed by atoms with van der Waals surface area (Å²) < 4.78 is 2.01. The van der Waals surface area contributed by atoms with Crippen LogP contribution in [0.1, 0.15) is 33.7 Å². The number of carboxylic acids is 1. The smallest absolute Gasteiger partial charge is 0.337 e. The Morgan fingerprint density at radius 1 is 1.32 bits per heavy atom. The molecule has 0 saturated carbocycles. The zero-order valence-corrected chi connectivity index (χ0v) is 11.4. The van der Waals surface area contributed by atoms with Gasteiger partial charge in [0.15, 0.2) is 0 Å². The van der Waals surface area contributed by atoms with Gasteiger partial charge in [-0.3, -0.25) is 0 Å². The number of carboxylic acid groups (broad SMARTS) is 1. The Morgan fingerprint density at radius 3 is 2.74 bits per heavy atom. The summed E-state index contributed by atoms with van der Waals surface area (Å²) in [6, 6.07) is 7.56. The van der Waals surface area contributed by atoms with Gasteiger partial charge in [-0.15, -0.1) is 0 Å². The van der Waals surface area contributed by atoms with Crippen LogP contribution in [-0.2, 0) is 12.8 Å². The van der Waals surface area contributed by atoms with Crippen molar-refractivity contribution >= 4 is 17.6 Å². The molecule has 4 heteroatoms. The molecular formula is C15H14ClNO2. The van der Waals surface area contributed by atoms with Crippen LogP contribution in [0.25, 0.3) is 5.69 Å². The summed E-state index contributed by atoms with van der Waals surface area (Å²) in [5, 5.41) is 10.1. The maximum atomic E-state index is 11.5. The number of aromatic carboxylic acids is 1. The third kappa shape index (κ3) is 1.77. The topological polar surface area (TPSA) is 42.2 Å². The molecule has 1 heterocycles. The molecule has 1 aliphatic carbocycles. The van der Waals surface area contributed by atoms with Crippen molar-refractivity contribution < 1.29 is 9.90 Å². The second-order valence-electron chi connectivity index (χ2n) is 4.83. The normalized spacial score (nSPS) is 13.6. The number of hydrogen-bond donors (Lipinski definition) is 1. The maximum Gasteiger partial charge on any atom is 0.337 e. The van der Waals surface area contributed by atoms with E-state index in [1.165, 1.54) is 0 Å². The minimum Gasteiger partial charge on any atom is -0.478 e. The monoisotopic (exact) mass is 275 g/mol. The highest BCUT2D eigenvalue weighted by atomic mass is 35.5. The van der Waals surface area contributed by atoms with Crippen molar-refractivity contribution in [3.05, 3.63) is 51.8 Å². The van der Waals surface area contributed by atoms with E-state index in [1.807, 2.05) is 35.8 Å². The van der Waals surface area contributed by atoms with Crippen LogP contribution in [-0.4, -0.2) is 15.6 Å². The highest BCUT2D eigenvalue weighted by Crippen LogP contribution is 2.35. The Labute approximate surface area is 116 Å². The second-order valence-corrected chi connectivity index (χ2v) is 5.24. The molecule has 0 spiro atoms. The van der Waals surface area contributed by atoms with Gasteiger partial charge in [0, 0.05) is 11.4 Å². The first kappa shape index (κ1) is 12.3. The lowest BCUT2D eigenvalue weighted by Gasteiger charge is -2.12. The fraction of sp³-hybridized carbons (Fsp3) is 0.267. The number of hydrogen-bond acceptors (Lipinski definition) is 1. The van der Waals surface area contributed by atoms with Crippen LogP contribution in [0, 0.1) is 6.92 Å². The number of nitrogens with zero attached hydrogens (tertiary/aromatic N) is 1. The summed E-state index contributed by atoms with van der Waals surface area (Å²) in [6.45, 7) is 1.85. The van der Waals surface area contributed by atoms with Gasteiger partial charge in [-0.25, -0.2) is 4.79 Å². The van der Waals surface area contributed by atoms with Gasteiger partial charge in [-0.1, -0.05) is 23.7 Å². The predicted molar refractivity (Wildman–Crippen MR) is 74.5 cm³/mol. The lowest BCUT2D eigenvalue weighted by Crippen LogP contribution is -2.05. The van der Waals surface area contributed by atoms with Crippen LogP contribution in [0.5, 0.6) is 0 Å². The first-order valence-corrected chi connectivity index (χ1v) is 6.70. The fourth-order valence-electron chi connectivity index (χ4n) is 3.02. The highest BCUT2D eigenvalue weighted by molar-refractivity contribution is 6.32. The van der Waals surface area contributed by atoms with Gasteiger partial charge < -0.3 is 9.67 Å². The number of para-hydroxylation sites is 1. The molecule has 19 heavy (non-hydrogen) atoms. The van der Waals surface area contributed by atoms with E-state index in [2.05, 4.69) is 0 Å². The van der Waals surface area contributed by atoms with Crippen molar-refractivity contribution in [1.29, 1.82) is 0 Å². The predicted octanol–water partition coefficient (Wildman–Crippen LogP) is 3.63. The molecule has 0 amide bonds. The number of carbonyl (C=O) groups is 1. The Balaban J connectivity index is 2.32. The number of aromatic nitrogens is 1. The summed E-state index contributed by atoms with van der Waals surface area (Å²) in [7, 11) is 0. The molecule has 0 fully saturated rings. The molecule has 0 radical (unpaired) electrons. The highest BCUT2D eigenvalue weighted by Gasteiger charge is 2.28. The largest absolute Gasteiger partial charge is 0.478 e. The van der Waals surface area contributed by atoms with Crippen molar-refractivity contribution in [2.24, 2.45) is 0 Å². The quantitative estimate of drug-likeness (QED) is 0.909. The van der Waals surface area contributed by atoms with Gasteiger partial charge in [0.2, 0.25) is 0 Å². The van der Waals surface area contributed by atoms with E-state index in [0.29, 0.717) is 10.6 Å². The summed E-state index contributed by atoms with van der Waals surface area (Å²) >= 11 is 6.25. The van der Waals surface area contributed by atoms with E-state index in [1.54, 1.807) is 0 Å². The second kappa shape index (κ2) is 4.42. The van der Waals surface area contributed by atoms with Crippen molar-refractivity contribution in [3.63, 3.8) is 0 Å². The number of halogens is 1. The molecule has 1 aliphatic rings. The third-order valence-electron chi connectivity index (χ3n) is 3.76. The lowest BCUT2D eigenvalue weighted by atomic mass is 10.1. The molecule has 1 aromatic heterocycles. The average molecular weight is 276 g/mol. The van der Waals surface area contributed by atoms with E-state index >= 15 is 0 Å². The maximum absolute atomic E-state index is 11.5. The number of rotatable bonds is 2. The summed E-state index contributed by atoms with van der Waals surface area (Å²) in [5.74, 6) is -0.846. The van der Waals surface area contributed by atoms with Crippen LogP contribution in [0.15, 0.2) is 24.3 Å². The Kier molecular flexibility index (Phi) is 2.86. The zero-order valence-electron chi connectivity index (χ0n) is 10.6. The Morgan fingerprint density at radius 2 is 2.05 bits per heavy atom. The molecule has 3 rings (SSSR count). The van der Waals surface area contributed by atoms with Crippen LogP contribution in [0.4, 0.5) is 0 Å². The van der Waals surface area contributed by atoms with E-state index in [0.717, 1.165) is 41.9 Å². The molecule has 0 atom stereocenters. The van der Waals surface area contributed by atoms with E-state index < -0.39 is 5.97 Å². The fourth-order valence-corrected chi connectivity index (χ4v) is 3.24. The summed E-state index contributed by atoms with van der Waals surface area (Å²) in [6.07, 6.45) is 2.76. The first-order valence-electron chi connectivity index (χ1n) is 6.32. The van der Waals surface area contributed by atoms with Crippen molar-refractivity contribution in [2.45, 2.75) is 26.2 Å². The van der Waals surface area contributed by atoms with E-state index in [-0.39, 0.29) is 0 Å². The molecule has 1 aromatic carbocycles. The van der Waals surface area contributed by atoms with Gasteiger partial charge in [0.25, 0.3) is 0 Å². The van der Waals surface area contributed by atoms with Gasteiger partial charge in [-0.2, -0.15) is 0 Å². The molecule has 0 aliphatic heterocycles. The molecule has 1 N–H and O–H groups in total. The molecule has 0 unspecified atom stereocenters. The lowest BCUT2D eigenvalue weighted by molar-refractivity contribution is 0.0695. The molecule has 0 saturated heterocycles. The van der Waals surface area contributed by atoms with Gasteiger partial charge >= 0.3 is 5.97 Å². The number of benzene rings is 1. The van der Waals surface area contributed by atoms with Crippen molar-refractivity contribution in [2.75, 3.05) is 0 Å². The minimum absolute atomic E-state index is 0.451. The van der Waals surface area contributed by atoms with E-state index in [4.69, 9.17) is 11.6 Å².